The summed E-state index contributed by atoms with van der Waals surface area (Å²) in [6.45, 7) is 6.22. The predicted octanol–water partition coefficient (Wildman–Crippen LogP) is 1.68. The van der Waals surface area contributed by atoms with Crippen molar-refractivity contribution in [1.29, 1.82) is 0 Å². The van der Waals surface area contributed by atoms with Crippen LogP contribution < -0.4 is 14.8 Å². The van der Waals surface area contributed by atoms with E-state index in [1.807, 2.05) is 13.8 Å². The van der Waals surface area contributed by atoms with E-state index in [1.165, 1.54) is 13.0 Å². The van der Waals surface area contributed by atoms with Gasteiger partial charge in [0.25, 0.3) is 11.6 Å². The molecule has 0 saturated heterocycles. The summed E-state index contributed by atoms with van der Waals surface area (Å²) in [6, 6.07) is 2.32. The van der Waals surface area contributed by atoms with Crippen molar-refractivity contribution in [2.45, 2.75) is 26.9 Å². The average molecular weight is 352 g/mol. The summed E-state index contributed by atoms with van der Waals surface area (Å²) in [5.74, 6) is -0.790. The molecule has 1 aromatic rings. The lowest BCUT2D eigenvalue weighted by molar-refractivity contribution is -0.385. The molecule has 2 rings (SSSR count). The first kappa shape index (κ1) is 18.5. The maximum Gasteiger partial charge on any atom is 0.346 e. The molecule has 1 heterocycles. The lowest BCUT2D eigenvalue weighted by atomic mass is 10.1. The zero-order chi connectivity index (χ0) is 18.6. The van der Waals surface area contributed by atoms with Gasteiger partial charge in [0.15, 0.2) is 17.6 Å². The third-order valence-electron chi connectivity index (χ3n) is 3.41. The van der Waals surface area contributed by atoms with Crippen LogP contribution in [0.2, 0.25) is 0 Å². The molecular formula is C16H20N2O7. The zero-order valence-corrected chi connectivity index (χ0v) is 14.2. The maximum absolute atomic E-state index is 12.3. The molecule has 9 nitrogen and oxygen atoms in total. The van der Waals surface area contributed by atoms with Crippen LogP contribution in [-0.4, -0.2) is 42.7 Å². The van der Waals surface area contributed by atoms with Crippen molar-refractivity contribution in [2.24, 2.45) is 5.92 Å². The highest BCUT2D eigenvalue weighted by Gasteiger charge is 2.29. The van der Waals surface area contributed by atoms with Gasteiger partial charge in [-0.1, -0.05) is 13.8 Å². The number of hydrogen-bond donors (Lipinski definition) is 1. The molecule has 9 heteroatoms. The Morgan fingerprint density at radius 2 is 1.84 bits per heavy atom. The number of rotatable bonds is 6. The van der Waals surface area contributed by atoms with E-state index in [0.717, 1.165) is 6.07 Å². The lowest BCUT2D eigenvalue weighted by Crippen LogP contribution is -2.37. The van der Waals surface area contributed by atoms with Gasteiger partial charge in [0.1, 0.15) is 18.8 Å². The molecular weight excluding hydrogens is 332 g/mol. The van der Waals surface area contributed by atoms with E-state index in [-0.39, 0.29) is 36.2 Å². The van der Waals surface area contributed by atoms with E-state index >= 15 is 0 Å². The van der Waals surface area contributed by atoms with Crippen LogP contribution in [0.15, 0.2) is 12.1 Å². The number of fused-ring (bicyclic) bond motifs is 1. The second kappa shape index (κ2) is 7.82. The third kappa shape index (κ3) is 4.59. The number of amides is 1. The number of hydrogen-bond acceptors (Lipinski definition) is 7. The van der Waals surface area contributed by atoms with Crippen LogP contribution in [0.1, 0.15) is 31.1 Å². The van der Waals surface area contributed by atoms with E-state index in [2.05, 4.69) is 5.32 Å². The molecule has 0 spiro atoms. The molecule has 25 heavy (non-hydrogen) atoms. The Labute approximate surface area is 144 Å². The molecule has 1 aliphatic heterocycles. The minimum Gasteiger partial charge on any atom is -0.486 e. The molecule has 1 aromatic carbocycles. The largest absolute Gasteiger partial charge is 0.486 e. The van der Waals surface area contributed by atoms with Crippen LogP contribution >= 0.6 is 0 Å². The van der Waals surface area contributed by atoms with Gasteiger partial charge in [-0.15, -0.1) is 0 Å². The first-order chi connectivity index (χ1) is 11.8. The maximum atomic E-state index is 12.3. The highest BCUT2D eigenvalue weighted by Crippen LogP contribution is 2.36. The Morgan fingerprint density at radius 1 is 1.24 bits per heavy atom. The highest BCUT2D eigenvalue weighted by molar-refractivity contribution is 5.96. The predicted molar refractivity (Wildman–Crippen MR) is 86.8 cm³/mol. The highest BCUT2D eigenvalue weighted by atomic mass is 16.6. The van der Waals surface area contributed by atoms with Gasteiger partial charge in [-0.3, -0.25) is 14.9 Å². The number of nitro groups is 1. The van der Waals surface area contributed by atoms with Crippen molar-refractivity contribution in [3.63, 3.8) is 0 Å². The summed E-state index contributed by atoms with van der Waals surface area (Å²) >= 11 is 0. The Kier molecular flexibility index (Phi) is 5.79. The van der Waals surface area contributed by atoms with E-state index < -0.39 is 28.6 Å². The molecule has 0 fully saturated rings. The van der Waals surface area contributed by atoms with Crippen molar-refractivity contribution in [3.8, 4) is 11.5 Å². The van der Waals surface area contributed by atoms with Crippen molar-refractivity contribution < 1.29 is 28.7 Å². The van der Waals surface area contributed by atoms with Gasteiger partial charge < -0.3 is 19.5 Å². The summed E-state index contributed by atoms with van der Waals surface area (Å²) in [5.41, 5.74) is -0.762. The summed E-state index contributed by atoms with van der Waals surface area (Å²) < 4.78 is 15.7. The molecule has 0 radical (unpaired) electrons. The normalized spacial score (nSPS) is 13.9. The SMILES string of the molecule is CC(C)CNC(=O)[C@H](C)OC(=O)c1cc2c(cc1[N+](=O)[O-])OCCO2. The average Bonchev–Trinajstić information content (AvgIpc) is 2.58. The molecule has 0 bridgehead atoms. The first-order valence-corrected chi connectivity index (χ1v) is 7.86. The summed E-state index contributed by atoms with van der Waals surface area (Å²) in [6.07, 6.45) is -1.08. The number of benzene rings is 1. The number of carbonyl (C=O) groups excluding carboxylic acids is 2. The Morgan fingerprint density at radius 3 is 2.40 bits per heavy atom. The van der Waals surface area contributed by atoms with Crippen LogP contribution in [0.3, 0.4) is 0 Å². The molecule has 136 valence electrons. The third-order valence-corrected chi connectivity index (χ3v) is 3.41. The monoisotopic (exact) mass is 352 g/mol. The van der Waals surface area contributed by atoms with E-state index in [1.54, 1.807) is 0 Å². The topological polar surface area (TPSA) is 117 Å². The van der Waals surface area contributed by atoms with Crippen molar-refractivity contribution in [3.05, 3.63) is 27.8 Å². The Balaban J connectivity index is 2.17. The number of nitrogens with one attached hydrogen (secondary N) is 1. The van der Waals surface area contributed by atoms with Gasteiger partial charge in [-0.05, 0) is 12.8 Å². The zero-order valence-electron chi connectivity index (χ0n) is 14.2. The molecule has 0 aliphatic carbocycles. The van der Waals surface area contributed by atoms with Gasteiger partial charge in [-0.25, -0.2) is 4.79 Å². The lowest BCUT2D eigenvalue weighted by Gasteiger charge is -2.19. The van der Waals surface area contributed by atoms with Gasteiger partial charge in [-0.2, -0.15) is 0 Å². The molecule has 1 amide bonds. The second-order valence-electron chi connectivity index (χ2n) is 5.96. The van der Waals surface area contributed by atoms with Crippen LogP contribution in [0, 0.1) is 16.0 Å². The Hall–Kier alpha value is -2.84. The van der Waals surface area contributed by atoms with Gasteiger partial charge in [0, 0.05) is 12.6 Å². The summed E-state index contributed by atoms with van der Waals surface area (Å²) in [4.78, 5) is 34.7. The van der Waals surface area contributed by atoms with Crippen molar-refractivity contribution in [2.75, 3.05) is 19.8 Å². The quantitative estimate of drug-likeness (QED) is 0.470. The van der Waals surface area contributed by atoms with Crippen LogP contribution in [0.5, 0.6) is 11.5 Å². The molecule has 0 aromatic heterocycles. The molecule has 0 saturated carbocycles. The van der Waals surface area contributed by atoms with Crippen molar-refractivity contribution >= 4 is 17.6 Å². The fourth-order valence-corrected chi connectivity index (χ4v) is 2.12. The van der Waals surface area contributed by atoms with E-state index in [0.29, 0.717) is 6.54 Å². The number of nitro benzene ring substituents is 1. The Bertz CT molecular complexity index is 687. The van der Waals surface area contributed by atoms with Crippen LogP contribution in [0.4, 0.5) is 5.69 Å². The number of carbonyl (C=O) groups is 2. The minimum atomic E-state index is -1.08. The number of nitrogens with zero attached hydrogens (tertiary/aromatic N) is 1. The summed E-state index contributed by atoms with van der Waals surface area (Å²) in [5, 5.41) is 13.9. The van der Waals surface area contributed by atoms with Gasteiger partial charge in [0.2, 0.25) is 0 Å². The molecule has 0 unspecified atom stereocenters. The standard InChI is InChI=1S/C16H20N2O7/c1-9(2)8-17-15(19)10(3)25-16(20)11-6-13-14(24-5-4-23-13)7-12(11)18(21)22/h6-7,9-10H,4-5,8H2,1-3H3,(H,17,19)/t10-/m0/s1. The van der Waals surface area contributed by atoms with Crippen LogP contribution in [-0.2, 0) is 9.53 Å². The number of esters is 1. The fraction of sp³-hybridized carbons (Fsp3) is 0.500. The molecule has 1 aliphatic rings. The van der Waals surface area contributed by atoms with E-state index in [4.69, 9.17) is 14.2 Å². The molecule has 1 N–H and O–H groups in total. The fourth-order valence-electron chi connectivity index (χ4n) is 2.12. The smallest absolute Gasteiger partial charge is 0.346 e. The minimum absolute atomic E-state index is 0.192. The first-order valence-electron chi connectivity index (χ1n) is 7.86. The van der Waals surface area contributed by atoms with E-state index in [9.17, 15) is 19.7 Å². The second-order valence-corrected chi connectivity index (χ2v) is 5.96. The summed E-state index contributed by atoms with van der Waals surface area (Å²) in [7, 11) is 0. The van der Waals surface area contributed by atoms with Gasteiger partial charge in [0.05, 0.1) is 11.0 Å². The van der Waals surface area contributed by atoms with Gasteiger partial charge >= 0.3 is 5.97 Å². The molecule has 1 atom stereocenters. The van der Waals surface area contributed by atoms with Crippen molar-refractivity contribution in [1.82, 2.24) is 5.32 Å². The van der Waals surface area contributed by atoms with Crippen LogP contribution in [0.25, 0.3) is 0 Å². The number of ether oxygens (including phenoxy) is 3.